The van der Waals surface area contributed by atoms with Gasteiger partial charge >= 0.3 is 0 Å². The Morgan fingerprint density at radius 3 is 2.79 bits per heavy atom. The first kappa shape index (κ1) is 11.2. The molecule has 0 radical (unpaired) electrons. The van der Waals surface area contributed by atoms with Gasteiger partial charge in [-0.1, -0.05) is 13.5 Å². The Labute approximate surface area is 86.4 Å². The molecule has 0 aromatic rings. The maximum atomic E-state index is 11.5. The summed E-state index contributed by atoms with van der Waals surface area (Å²) in [5.74, 6) is 0.685. The molecule has 0 spiro atoms. The largest absolute Gasteiger partial charge is 0.335 e. The Bertz CT molecular complexity index is 225. The minimum Gasteiger partial charge on any atom is -0.335 e. The lowest BCUT2D eigenvalue weighted by Gasteiger charge is -2.25. The molecule has 3 heteroatoms. The van der Waals surface area contributed by atoms with E-state index in [1.165, 1.54) is 6.08 Å². The van der Waals surface area contributed by atoms with Gasteiger partial charge in [0.15, 0.2) is 0 Å². The summed E-state index contributed by atoms with van der Waals surface area (Å²) in [4.78, 5) is 15.6. The molecule has 0 bridgehead atoms. The molecule has 3 nitrogen and oxygen atoms in total. The van der Waals surface area contributed by atoms with E-state index in [0.29, 0.717) is 12.0 Å². The van der Waals surface area contributed by atoms with Gasteiger partial charge in [-0.3, -0.25) is 4.79 Å². The molecule has 1 rings (SSSR count). The van der Waals surface area contributed by atoms with Gasteiger partial charge in [0.2, 0.25) is 5.91 Å². The summed E-state index contributed by atoms with van der Waals surface area (Å²) in [5, 5.41) is 0. The van der Waals surface area contributed by atoms with Crippen LogP contribution in [0.1, 0.15) is 13.3 Å². The van der Waals surface area contributed by atoms with Crippen molar-refractivity contribution >= 4 is 5.91 Å². The van der Waals surface area contributed by atoms with E-state index in [2.05, 4.69) is 18.4 Å². The van der Waals surface area contributed by atoms with E-state index in [1.54, 1.807) is 0 Å². The summed E-state index contributed by atoms with van der Waals surface area (Å²) in [5.41, 5.74) is 0. The number of hydrogen-bond acceptors (Lipinski definition) is 2. The summed E-state index contributed by atoms with van der Waals surface area (Å²) in [7, 11) is 4.08. The molecule has 14 heavy (non-hydrogen) atoms. The van der Waals surface area contributed by atoms with Gasteiger partial charge in [0, 0.05) is 19.1 Å². The second kappa shape index (κ2) is 4.60. The van der Waals surface area contributed by atoms with Crippen LogP contribution in [-0.2, 0) is 4.79 Å². The molecule has 0 aromatic carbocycles. The summed E-state index contributed by atoms with van der Waals surface area (Å²) in [6.07, 6.45) is 2.53. The third-order valence-corrected chi connectivity index (χ3v) is 2.66. The molecule has 1 fully saturated rings. The van der Waals surface area contributed by atoms with Gasteiger partial charge in [-0.25, -0.2) is 0 Å². The topological polar surface area (TPSA) is 23.6 Å². The number of likely N-dealkylation sites (N-methyl/N-ethyl adjacent to an activating group) is 1. The highest BCUT2D eigenvalue weighted by Gasteiger charge is 2.31. The van der Waals surface area contributed by atoms with Gasteiger partial charge in [0.05, 0.1) is 0 Å². The Morgan fingerprint density at radius 1 is 1.64 bits per heavy atom. The Morgan fingerprint density at radius 2 is 2.29 bits per heavy atom. The molecule has 1 aliphatic heterocycles. The van der Waals surface area contributed by atoms with Crippen LogP contribution in [0.25, 0.3) is 0 Å². The highest BCUT2D eigenvalue weighted by molar-refractivity contribution is 5.87. The molecule has 1 aliphatic rings. The molecule has 0 unspecified atom stereocenters. The lowest BCUT2D eigenvalue weighted by Crippen LogP contribution is -2.40. The quantitative estimate of drug-likeness (QED) is 0.628. The standard InChI is InChI=1S/C11H20N2O/c1-5-11(14)13-7-9(2)6-10(13)8-12(3)4/h5,9-10H,1,6-8H2,2-4H3/t9-,10+/m0/s1. The Hall–Kier alpha value is -0.830. The zero-order chi connectivity index (χ0) is 10.7. The summed E-state index contributed by atoms with van der Waals surface area (Å²) in [6.45, 7) is 7.56. The van der Waals surface area contributed by atoms with Crippen molar-refractivity contribution < 1.29 is 4.79 Å². The minimum absolute atomic E-state index is 0.0706. The first-order valence-electron chi connectivity index (χ1n) is 5.12. The van der Waals surface area contributed by atoms with Crippen LogP contribution in [0.2, 0.25) is 0 Å². The average Bonchev–Trinajstić information content (AvgIpc) is 2.44. The average molecular weight is 196 g/mol. The van der Waals surface area contributed by atoms with Gasteiger partial charge in [-0.05, 0) is 32.5 Å². The van der Waals surface area contributed by atoms with Crippen LogP contribution in [-0.4, -0.2) is 48.9 Å². The van der Waals surface area contributed by atoms with E-state index in [-0.39, 0.29) is 5.91 Å². The summed E-state index contributed by atoms with van der Waals surface area (Å²) < 4.78 is 0. The normalized spacial score (nSPS) is 27.0. The van der Waals surface area contributed by atoms with E-state index in [0.717, 1.165) is 19.5 Å². The highest BCUT2D eigenvalue weighted by atomic mass is 16.2. The minimum atomic E-state index is 0.0706. The number of hydrogen-bond donors (Lipinski definition) is 0. The first-order valence-corrected chi connectivity index (χ1v) is 5.12. The molecule has 0 saturated carbocycles. The fraction of sp³-hybridized carbons (Fsp3) is 0.727. The molecular formula is C11H20N2O. The summed E-state index contributed by atoms with van der Waals surface area (Å²) in [6, 6.07) is 0.366. The molecule has 0 aliphatic carbocycles. The van der Waals surface area contributed by atoms with Gasteiger partial charge < -0.3 is 9.80 Å². The fourth-order valence-corrected chi connectivity index (χ4v) is 2.13. The van der Waals surface area contributed by atoms with Crippen LogP contribution in [0, 0.1) is 5.92 Å². The van der Waals surface area contributed by atoms with Crippen LogP contribution < -0.4 is 0 Å². The van der Waals surface area contributed by atoms with Gasteiger partial charge in [-0.2, -0.15) is 0 Å². The van der Waals surface area contributed by atoms with E-state index in [4.69, 9.17) is 0 Å². The van der Waals surface area contributed by atoms with Crippen LogP contribution in [0.4, 0.5) is 0 Å². The van der Waals surface area contributed by atoms with Crippen LogP contribution in [0.3, 0.4) is 0 Å². The number of nitrogens with zero attached hydrogens (tertiary/aromatic N) is 2. The molecule has 0 aromatic heterocycles. The highest BCUT2D eigenvalue weighted by Crippen LogP contribution is 2.23. The molecule has 1 saturated heterocycles. The zero-order valence-corrected chi connectivity index (χ0v) is 9.36. The van der Waals surface area contributed by atoms with Crippen molar-refractivity contribution in [3.63, 3.8) is 0 Å². The number of amides is 1. The van der Waals surface area contributed by atoms with Crippen LogP contribution in [0.5, 0.6) is 0 Å². The van der Waals surface area contributed by atoms with E-state index < -0.39 is 0 Å². The second-order valence-corrected chi connectivity index (χ2v) is 4.45. The molecular weight excluding hydrogens is 176 g/mol. The van der Waals surface area contributed by atoms with Gasteiger partial charge in [0.25, 0.3) is 0 Å². The SMILES string of the molecule is C=CC(=O)N1C[C@@H](C)C[C@@H]1CN(C)C. The van der Waals surface area contributed by atoms with Crippen LogP contribution >= 0.6 is 0 Å². The van der Waals surface area contributed by atoms with Crippen molar-refractivity contribution in [2.24, 2.45) is 5.92 Å². The smallest absolute Gasteiger partial charge is 0.246 e. The van der Waals surface area contributed by atoms with Crippen molar-refractivity contribution in [2.45, 2.75) is 19.4 Å². The summed E-state index contributed by atoms with van der Waals surface area (Å²) >= 11 is 0. The third kappa shape index (κ3) is 2.58. The van der Waals surface area contributed by atoms with Crippen LogP contribution in [0.15, 0.2) is 12.7 Å². The Balaban J connectivity index is 2.62. The molecule has 2 atom stereocenters. The number of carbonyl (C=O) groups is 1. The van der Waals surface area contributed by atoms with E-state index >= 15 is 0 Å². The lowest BCUT2D eigenvalue weighted by atomic mass is 10.1. The van der Waals surface area contributed by atoms with Gasteiger partial charge in [-0.15, -0.1) is 0 Å². The predicted octanol–water partition coefficient (Wildman–Crippen LogP) is 0.971. The zero-order valence-electron chi connectivity index (χ0n) is 9.36. The van der Waals surface area contributed by atoms with Crippen molar-refractivity contribution in [1.82, 2.24) is 9.80 Å². The van der Waals surface area contributed by atoms with E-state index in [9.17, 15) is 4.79 Å². The molecule has 0 N–H and O–H groups in total. The molecule has 80 valence electrons. The Kier molecular flexibility index (Phi) is 3.69. The molecule has 1 amide bonds. The number of likely N-dealkylation sites (tertiary alicyclic amines) is 1. The predicted molar refractivity (Wildman–Crippen MR) is 58.0 cm³/mol. The third-order valence-electron chi connectivity index (χ3n) is 2.66. The van der Waals surface area contributed by atoms with Crippen molar-refractivity contribution in [3.8, 4) is 0 Å². The first-order chi connectivity index (χ1) is 6.54. The van der Waals surface area contributed by atoms with Crippen molar-refractivity contribution in [1.29, 1.82) is 0 Å². The monoisotopic (exact) mass is 196 g/mol. The number of rotatable bonds is 3. The second-order valence-electron chi connectivity index (χ2n) is 4.45. The maximum absolute atomic E-state index is 11.5. The van der Waals surface area contributed by atoms with E-state index in [1.807, 2.05) is 19.0 Å². The van der Waals surface area contributed by atoms with Gasteiger partial charge in [0.1, 0.15) is 0 Å². The number of carbonyl (C=O) groups excluding carboxylic acids is 1. The van der Waals surface area contributed by atoms with Crippen molar-refractivity contribution in [3.05, 3.63) is 12.7 Å². The van der Waals surface area contributed by atoms with Crippen molar-refractivity contribution in [2.75, 3.05) is 27.2 Å². The maximum Gasteiger partial charge on any atom is 0.246 e. The lowest BCUT2D eigenvalue weighted by molar-refractivity contribution is -0.127. The molecule has 1 heterocycles. The fourth-order valence-electron chi connectivity index (χ4n) is 2.13.